The van der Waals surface area contributed by atoms with Gasteiger partial charge in [-0.3, -0.25) is 0 Å². The Morgan fingerprint density at radius 2 is 2.00 bits per heavy atom. The number of nitrogens with zero attached hydrogens (tertiary/aromatic N) is 4. The Hall–Kier alpha value is -1.94. The Labute approximate surface area is 96.6 Å². The summed E-state index contributed by atoms with van der Waals surface area (Å²) in [6, 6.07) is 5.66. The van der Waals surface area contributed by atoms with Gasteiger partial charge in [0, 0.05) is 30.2 Å². The molecule has 3 rings (SSSR count). The quantitative estimate of drug-likeness (QED) is 0.603. The van der Waals surface area contributed by atoms with Crippen LogP contribution in [-0.4, -0.2) is 19.4 Å². The molecule has 0 aliphatic rings. The number of fused-ring (bicyclic) bond motifs is 1. The summed E-state index contributed by atoms with van der Waals surface area (Å²) in [7, 11) is 0. The predicted molar refractivity (Wildman–Crippen MR) is 61.2 cm³/mol. The van der Waals surface area contributed by atoms with E-state index in [4.69, 9.17) is 11.6 Å². The van der Waals surface area contributed by atoms with Gasteiger partial charge in [-0.05, 0) is 12.1 Å². The van der Waals surface area contributed by atoms with Crippen molar-refractivity contribution >= 4 is 17.2 Å². The smallest absolute Gasteiger partial charge is 0.137 e. The number of hydrogen-bond donors (Lipinski definition) is 0. The molecule has 0 spiro atoms. The molecule has 0 fully saturated rings. The molecule has 5 heteroatoms. The Morgan fingerprint density at radius 3 is 2.88 bits per heavy atom. The Morgan fingerprint density at radius 1 is 1.06 bits per heavy atom. The van der Waals surface area contributed by atoms with E-state index in [2.05, 4.69) is 15.0 Å². The zero-order chi connectivity index (χ0) is 11.0. The molecule has 0 bridgehead atoms. The molecule has 3 heterocycles. The van der Waals surface area contributed by atoms with Crippen LogP contribution < -0.4 is 0 Å². The summed E-state index contributed by atoms with van der Waals surface area (Å²) in [6.45, 7) is 0. The predicted octanol–water partition coefficient (Wildman–Crippen LogP) is 2.44. The van der Waals surface area contributed by atoms with E-state index in [0.717, 1.165) is 16.9 Å². The van der Waals surface area contributed by atoms with E-state index in [-0.39, 0.29) is 0 Å². The third-order valence-electron chi connectivity index (χ3n) is 2.33. The lowest BCUT2D eigenvalue weighted by Crippen LogP contribution is -1.88. The first kappa shape index (κ1) is 9.30. The highest BCUT2D eigenvalue weighted by Crippen LogP contribution is 2.19. The lowest BCUT2D eigenvalue weighted by atomic mass is 10.2. The third kappa shape index (κ3) is 1.53. The highest BCUT2D eigenvalue weighted by molar-refractivity contribution is 6.29. The molecule has 78 valence electrons. The Kier molecular flexibility index (Phi) is 2.08. The first-order valence-electron chi connectivity index (χ1n) is 4.73. The van der Waals surface area contributed by atoms with Crippen molar-refractivity contribution < 1.29 is 0 Å². The highest BCUT2D eigenvalue weighted by Gasteiger charge is 2.02. The number of hydrogen-bond acceptors (Lipinski definition) is 3. The lowest BCUT2D eigenvalue weighted by molar-refractivity contribution is 1.16. The van der Waals surface area contributed by atoms with Gasteiger partial charge in [-0.25, -0.2) is 15.0 Å². The van der Waals surface area contributed by atoms with Gasteiger partial charge in [-0.2, -0.15) is 0 Å². The normalized spacial score (nSPS) is 10.8. The summed E-state index contributed by atoms with van der Waals surface area (Å²) in [4.78, 5) is 12.2. The van der Waals surface area contributed by atoms with Gasteiger partial charge in [0.15, 0.2) is 0 Å². The maximum absolute atomic E-state index is 5.82. The van der Waals surface area contributed by atoms with Crippen LogP contribution in [0.25, 0.3) is 16.9 Å². The number of halogens is 1. The fraction of sp³-hybridized carbons (Fsp3) is 0. The van der Waals surface area contributed by atoms with Crippen LogP contribution in [0.4, 0.5) is 0 Å². The standard InChI is InChI=1S/C11H7ClN4/c12-10-6-9(14-7-15-10)8-1-3-16-4-2-13-11(16)5-8/h1-7H. The summed E-state index contributed by atoms with van der Waals surface area (Å²) >= 11 is 5.82. The summed E-state index contributed by atoms with van der Waals surface area (Å²) in [5.74, 6) is 0. The van der Waals surface area contributed by atoms with Crippen molar-refractivity contribution in [1.82, 2.24) is 19.4 Å². The fourth-order valence-corrected chi connectivity index (χ4v) is 1.71. The molecule has 4 nitrogen and oxygen atoms in total. The molecule has 0 saturated heterocycles. The maximum atomic E-state index is 5.82. The van der Waals surface area contributed by atoms with E-state index in [1.807, 2.05) is 28.9 Å². The number of aromatic nitrogens is 4. The number of rotatable bonds is 1. The van der Waals surface area contributed by atoms with Crippen molar-refractivity contribution in [3.8, 4) is 11.3 Å². The van der Waals surface area contributed by atoms with Gasteiger partial charge in [0.1, 0.15) is 17.1 Å². The van der Waals surface area contributed by atoms with Crippen LogP contribution in [0.3, 0.4) is 0 Å². The molecule has 0 aliphatic carbocycles. The van der Waals surface area contributed by atoms with Gasteiger partial charge in [-0.15, -0.1) is 0 Å². The Bertz CT molecular complexity index is 647. The van der Waals surface area contributed by atoms with E-state index in [0.29, 0.717) is 5.15 Å². The molecule has 0 N–H and O–H groups in total. The molecule has 0 amide bonds. The molecule has 0 atom stereocenters. The van der Waals surface area contributed by atoms with Gasteiger partial charge in [0.25, 0.3) is 0 Å². The zero-order valence-electron chi connectivity index (χ0n) is 8.21. The summed E-state index contributed by atoms with van der Waals surface area (Å²) in [6.07, 6.45) is 7.04. The van der Waals surface area contributed by atoms with Gasteiger partial charge < -0.3 is 4.40 Å². The molecule has 0 unspecified atom stereocenters. The van der Waals surface area contributed by atoms with Gasteiger partial charge in [0.05, 0.1) is 5.69 Å². The number of pyridine rings is 1. The summed E-state index contributed by atoms with van der Waals surface area (Å²) in [5.41, 5.74) is 2.65. The van der Waals surface area contributed by atoms with Crippen molar-refractivity contribution in [3.63, 3.8) is 0 Å². The van der Waals surface area contributed by atoms with Gasteiger partial charge in [-0.1, -0.05) is 11.6 Å². The average molecular weight is 231 g/mol. The van der Waals surface area contributed by atoms with Crippen molar-refractivity contribution in [2.24, 2.45) is 0 Å². The van der Waals surface area contributed by atoms with E-state index >= 15 is 0 Å². The lowest BCUT2D eigenvalue weighted by Gasteiger charge is -2.01. The van der Waals surface area contributed by atoms with Crippen LogP contribution in [0.5, 0.6) is 0 Å². The molecular formula is C11H7ClN4. The van der Waals surface area contributed by atoms with Crippen molar-refractivity contribution in [2.45, 2.75) is 0 Å². The van der Waals surface area contributed by atoms with Crippen LogP contribution in [0, 0.1) is 0 Å². The molecule has 16 heavy (non-hydrogen) atoms. The van der Waals surface area contributed by atoms with Crippen LogP contribution in [0.2, 0.25) is 5.15 Å². The van der Waals surface area contributed by atoms with E-state index < -0.39 is 0 Å². The highest BCUT2D eigenvalue weighted by atomic mass is 35.5. The van der Waals surface area contributed by atoms with E-state index in [1.165, 1.54) is 6.33 Å². The minimum Gasteiger partial charge on any atom is -0.307 e. The summed E-state index contributed by atoms with van der Waals surface area (Å²) < 4.78 is 1.94. The maximum Gasteiger partial charge on any atom is 0.137 e. The van der Waals surface area contributed by atoms with Crippen molar-refractivity contribution in [3.05, 3.63) is 48.3 Å². The minimum atomic E-state index is 0.438. The summed E-state index contributed by atoms with van der Waals surface area (Å²) in [5, 5.41) is 0.438. The topological polar surface area (TPSA) is 43.1 Å². The minimum absolute atomic E-state index is 0.438. The molecule has 0 aliphatic heterocycles. The average Bonchev–Trinajstić information content (AvgIpc) is 2.75. The second-order valence-corrected chi connectivity index (χ2v) is 3.72. The van der Waals surface area contributed by atoms with Crippen LogP contribution in [0.1, 0.15) is 0 Å². The Balaban J connectivity index is 2.18. The zero-order valence-corrected chi connectivity index (χ0v) is 8.96. The first-order valence-corrected chi connectivity index (χ1v) is 5.11. The van der Waals surface area contributed by atoms with E-state index in [1.54, 1.807) is 12.3 Å². The van der Waals surface area contributed by atoms with Gasteiger partial charge in [0.2, 0.25) is 0 Å². The van der Waals surface area contributed by atoms with Crippen LogP contribution in [0.15, 0.2) is 43.1 Å². The largest absolute Gasteiger partial charge is 0.307 e. The second-order valence-electron chi connectivity index (χ2n) is 3.33. The second kappa shape index (κ2) is 3.57. The first-order chi connectivity index (χ1) is 7.83. The number of imidazole rings is 1. The van der Waals surface area contributed by atoms with Crippen molar-refractivity contribution in [1.29, 1.82) is 0 Å². The van der Waals surface area contributed by atoms with Crippen LogP contribution in [-0.2, 0) is 0 Å². The van der Waals surface area contributed by atoms with E-state index in [9.17, 15) is 0 Å². The molecule has 3 aromatic rings. The third-order valence-corrected chi connectivity index (χ3v) is 2.53. The molecule has 0 aromatic carbocycles. The molecule has 0 radical (unpaired) electrons. The monoisotopic (exact) mass is 230 g/mol. The van der Waals surface area contributed by atoms with Crippen molar-refractivity contribution in [2.75, 3.05) is 0 Å². The SMILES string of the molecule is Clc1cc(-c2ccn3ccnc3c2)ncn1. The van der Waals surface area contributed by atoms with Crippen LogP contribution >= 0.6 is 11.6 Å². The molecule has 3 aromatic heterocycles. The molecular weight excluding hydrogens is 224 g/mol. The van der Waals surface area contributed by atoms with Gasteiger partial charge >= 0.3 is 0 Å². The fourth-order valence-electron chi connectivity index (χ4n) is 1.56. The molecule has 0 saturated carbocycles.